The lowest BCUT2D eigenvalue weighted by Crippen LogP contribution is -2.02. The van der Waals surface area contributed by atoms with Crippen LogP contribution in [0.3, 0.4) is 0 Å². The van der Waals surface area contributed by atoms with E-state index in [4.69, 9.17) is 0 Å². The topological polar surface area (TPSA) is 73.1 Å². The molecule has 1 heterocycles. The lowest BCUT2D eigenvalue weighted by atomic mass is 10.1. The van der Waals surface area contributed by atoms with Crippen LogP contribution < -0.4 is 0 Å². The van der Waals surface area contributed by atoms with E-state index in [-0.39, 0.29) is 22.2 Å². The summed E-state index contributed by atoms with van der Waals surface area (Å²) in [6.07, 6.45) is 1.33. The van der Waals surface area contributed by atoms with Gasteiger partial charge in [-0.25, -0.2) is 4.98 Å². The molecule has 5 nitrogen and oxygen atoms in total. The van der Waals surface area contributed by atoms with Gasteiger partial charge in [0.1, 0.15) is 6.20 Å². The minimum absolute atomic E-state index is 0.110. The van der Waals surface area contributed by atoms with E-state index in [1.165, 1.54) is 0 Å². The number of hydrogen-bond acceptors (Lipinski definition) is 5. The zero-order chi connectivity index (χ0) is 12.3. The van der Waals surface area contributed by atoms with Gasteiger partial charge in [-0.2, -0.15) is 0 Å². The molecule has 0 saturated carbocycles. The molecule has 1 aromatic heterocycles. The van der Waals surface area contributed by atoms with Crippen LogP contribution in [0, 0.1) is 10.1 Å². The van der Waals surface area contributed by atoms with Crippen molar-refractivity contribution in [3.63, 3.8) is 0 Å². The third-order valence-electron chi connectivity index (χ3n) is 2.12. The van der Waals surface area contributed by atoms with Crippen LogP contribution >= 0.6 is 11.3 Å². The molecule has 0 unspecified atom stereocenters. The number of rotatable bonds is 4. The van der Waals surface area contributed by atoms with Gasteiger partial charge in [-0.05, 0) is 16.9 Å². The van der Waals surface area contributed by atoms with E-state index in [0.29, 0.717) is 0 Å². The predicted octanol–water partition coefficient (Wildman–Crippen LogP) is 2.48. The van der Waals surface area contributed by atoms with Gasteiger partial charge in [0.2, 0.25) is 0 Å². The van der Waals surface area contributed by atoms with Crippen molar-refractivity contribution in [2.45, 2.75) is 6.42 Å². The molecule has 0 bridgehead atoms. The molecule has 0 amide bonds. The number of carbonyl (C=O) groups excluding carboxylic acids is 1. The predicted molar refractivity (Wildman–Crippen MR) is 63.2 cm³/mol. The summed E-state index contributed by atoms with van der Waals surface area (Å²) in [6, 6.07) is 9.21. The van der Waals surface area contributed by atoms with Gasteiger partial charge in [0.25, 0.3) is 0 Å². The average Bonchev–Trinajstić information content (AvgIpc) is 2.79. The highest BCUT2D eigenvalue weighted by Gasteiger charge is 2.17. The molecule has 0 spiro atoms. The Morgan fingerprint density at radius 2 is 2.06 bits per heavy atom. The monoisotopic (exact) mass is 248 g/mol. The van der Waals surface area contributed by atoms with Gasteiger partial charge >= 0.3 is 5.00 Å². The zero-order valence-electron chi connectivity index (χ0n) is 8.70. The SMILES string of the molecule is O=C(Cc1ccccc1)c1ncc([N+](=O)[O-])s1. The van der Waals surface area contributed by atoms with E-state index in [0.717, 1.165) is 23.1 Å². The van der Waals surface area contributed by atoms with E-state index >= 15 is 0 Å². The van der Waals surface area contributed by atoms with Crippen LogP contribution in [-0.2, 0) is 6.42 Å². The second kappa shape index (κ2) is 4.84. The second-order valence-electron chi connectivity index (χ2n) is 3.35. The second-order valence-corrected chi connectivity index (χ2v) is 4.36. The molecular weight excluding hydrogens is 240 g/mol. The number of hydrogen-bond donors (Lipinski definition) is 0. The fourth-order valence-corrected chi connectivity index (χ4v) is 2.01. The van der Waals surface area contributed by atoms with Gasteiger partial charge in [0.15, 0.2) is 10.8 Å². The van der Waals surface area contributed by atoms with Gasteiger partial charge in [0.05, 0.1) is 4.92 Å². The number of nitro groups is 1. The quantitative estimate of drug-likeness (QED) is 0.473. The van der Waals surface area contributed by atoms with E-state index in [1.807, 2.05) is 30.3 Å². The summed E-state index contributed by atoms with van der Waals surface area (Å²) in [6.45, 7) is 0. The van der Waals surface area contributed by atoms with Crippen LogP contribution in [0.5, 0.6) is 0 Å². The lowest BCUT2D eigenvalue weighted by molar-refractivity contribution is -0.380. The molecule has 6 heteroatoms. The van der Waals surface area contributed by atoms with Gasteiger partial charge in [-0.15, -0.1) is 0 Å². The van der Waals surface area contributed by atoms with Crippen LogP contribution in [0.1, 0.15) is 15.4 Å². The zero-order valence-corrected chi connectivity index (χ0v) is 9.52. The number of carbonyl (C=O) groups is 1. The first-order valence-corrected chi connectivity index (χ1v) is 5.66. The Morgan fingerprint density at radius 3 is 2.65 bits per heavy atom. The maximum absolute atomic E-state index is 11.8. The molecular formula is C11H8N2O3S. The fraction of sp³-hybridized carbons (Fsp3) is 0.0909. The average molecular weight is 248 g/mol. The number of Topliss-reactive ketones (excluding diaryl/α,β-unsaturated/α-hetero) is 1. The van der Waals surface area contributed by atoms with Crippen molar-refractivity contribution in [1.82, 2.24) is 4.98 Å². The fourth-order valence-electron chi connectivity index (χ4n) is 1.34. The van der Waals surface area contributed by atoms with Crippen molar-refractivity contribution < 1.29 is 9.72 Å². The number of nitrogens with zero attached hydrogens (tertiary/aromatic N) is 2. The first-order chi connectivity index (χ1) is 8.16. The van der Waals surface area contributed by atoms with Gasteiger partial charge in [0, 0.05) is 6.42 Å². The van der Waals surface area contributed by atoms with E-state index in [9.17, 15) is 14.9 Å². The summed E-state index contributed by atoms with van der Waals surface area (Å²) < 4.78 is 0. The number of benzene rings is 1. The Bertz CT molecular complexity index is 551. The van der Waals surface area contributed by atoms with Crippen molar-refractivity contribution >= 4 is 22.1 Å². The highest BCUT2D eigenvalue weighted by atomic mass is 32.1. The van der Waals surface area contributed by atoms with E-state index < -0.39 is 4.92 Å². The van der Waals surface area contributed by atoms with Crippen molar-refractivity contribution in [1.29, 1.82) is 0 Å². The van der Waals surface area contributed by atoms with Crippen molar-refractivity contribution in [3.8, 4) is 0 Å². The van der Waals surface area contributed by atoms with Gasteiger partial charge in [-0.1, -0.05) is 30.3 Å². The summed E-state index contributed by atoms with van der Waals surface area (Å²) in [5.74, 6) is -0.200. The van der Waals surface area contributed by atoms with Gasteiger partial charge in [-0.3, -0.25) is 14.9 Å². The molecule has 1 aromatic carbocycles. The highest BCUT2D eigenvalue weighted by Crippen LogP contribution is 2.22. The molecule has 0 fully saturated rings. The maximum atomic E-state index is 11.8. The van der Waals surface area contributed by atoms with Crippen LogP contribution in [0.4, 0.5) is 5.00 Å². The summed E-state index contributed by atoms with van der Waals surface area (Å²) in [5, 5.41) is 10.5. The molecule has 2 aromatic rings. The largest absolute Gasteiger partial charge is 0.344 e. The first-order valence-electron chi connectivity index (χ1n) is 4.84. The maximum Gasteiger partial charge on any atom is 0.344 e. The molecule has 0 N–H and O–H groups in total. The number of aromatic nitrogens is 1. The smallest absolute Gasteiger partial charge is 0.291 e. The number of thiazole rings is 1. The third-order valence-corrected chi connectivity index (χ3v) is 3.11. The molecule has 0 saturated heterocycles. The highest BCUT2D eigenvalue weighted by molar-refractivity contribution is 7.16. The van der Waals surface area contributed by atoms with Crippen LogP contribution in [0.15, 0.2) is 36.5 Å². The molecule has 2 rings (SSSR count). The molecule has 0 atom stereocenters. The Kier molecular flexibility index (Phi) is 3.24. The lowest BCUT2D eigenvalue weighted by Gasteiger charge is -1.96. The third kappa shape index (κ3) is 2.73. The minimum Gasteiger partial charge on any atom is -0.291 e. The summed E-state index contributed by atoms with van der Waals surface area (Å²) in [4.78, 5) is 25.5. The number of ketones is 1. The van der Waals surface area contributed by atoms with Crippen molar-refractivity contribution in [2.75, 3.05) is 0 Å². The van der Waals surface area contributed by atoms with Crippen molar-refractivity contribution in [3.05, 3.63) is 57.2 Å². The van der Waals surface area contributed by atoms with Crippen LogP contribution in [-0.4, -0.2) is 15.7 Å². The Hall–Kier alpha value is -2.08. The molecule has 0 aliphatic heterocycles. The Balaban J connectivity index is 2.12. The first kappa shape index (κ1) is 11.4. The van der Waals surface area contributed by atoms with Crippen LogP contribution in [0.25, 0.3) is 0 Å². The standard InChI is InChI=1S/C11H8N2O3S/c14-9(6-8-4-2-1-3-5-8)11-12-7-10(17-11)13(15)16/h1-5,7H,6H2. The van der Waals surface area contributed by atoms with E-state index in [2.05, 4.69) is 4.98 Å². The molecule has 86 valence electrons. The molecule has 0 radical (unpaired) electrons. The van der Waals surface area contributed by atoms with Gasteiger partial charge < -0.3 is 0 Å². The molecule has 0 aliphatic carbocycles. The normalized spacial score (nSPS) is 10.1. The molecule has 0 aliphatic rings. The summed E-state index contributed by atoms with van der Waals surface area (Å²) in [7, 11) is 0. The Labute approximate surface area is 101 Å². The Morgan fingerprint density at radius 1 is 1.35 bits per heavy atom. The molecule has 17 heavy (non-hydrogen) atoms. The van der Waals surface area contributed by atoms with Crippen LogP contribution in [0.2, 0.25) is 0 Å². The van der Waals surface area contributed by atoms with E-state index in [1.54, 1.807) is 0 Å². The summed E-state index contributed by atoms with van der Waals surface area (Å²) >= 11 is 0.809. The minimum atomic E-state index is -0.545. The summed E-state index contributed by atoms with van der Waals surface area (Å²) in [5.41, 5.74) is 0.871. The van der Waals surface area contributed by atoms with Crippen molar-refractivity contribution in [2.24, 2.45) is 0 Å².